The summed E-state index contributed by atoms with van der Waals surface area (Å²) < 4.78 is 0. The smallest absolute Gasteiger partial charge is 0.164 e. The third-order valence-electron chi connectivity index (χ3n) is 11.4. The molecular formula is C49H44N4. The number of aromatic nitrogens is 3. The fourth-order valence-electron chi connectivity index (χ4n) is 8.44. The van der Waals surface area contributed by atoms with Gasteiger partial charge in [0.15, 0.2) is 17.5 Å². The van der Waals surface area contributed by atoms with Gasteiger partial charge in [0.05, 0.1) is 11.6 Å². The SMILES string of the molecule is CCC1(c2ccc(-c3nc(-c4ccccc4)nc(-c4cc(-c5ccc(C#N)cc5)cc(-c5ccc6ccccc6c5)c4)n3)cc2)C[C@H](C)CC[C@H](C)C1. The minimum absolute atomic E-state index is 0.193. The van der Waals surface area contributed by atoms with Gasteiger partial charge in [0.25, 0.3) is 0 Å². The fourth-order valence-corrected chi connectivity index (χ4v) is 8.44. The largest absolute Gasteiger partial charge is 0.208 e. The van der Waals surface area contributed by atoms with Crippen molar-refractivity contribution >= 4 is 10.8 Å². The van der Waals surface area contributed by atoms with Crippen molar-refractivity contribution in [1.29, 1.82) is 5.26 Å². The number of hydrogen-bond donors (Lipinski definition) is 0. The molecule has 0 amide bonds. The number of fused-ring (bicyclic) bond motifs is 1. The minimum Gasteiger partial charge on any atom is -0.208 e. The topological polar surface area (TPSA) is 62.5 Å². The Morgan fingerprint density at radius 2 is 1.04 bits per heavy atom. The average Bonchev–Trinajstić information content (AvgIpc) is 3.38. The van der Waals surface area contributed by atoms with Crippen LogP contribution in [0, 0.1) is 23.2 Å². The quantitative estimate of drug-likeness (QED) is 0.156. The van der Waals surface area contributed by atoms with Gasteiger partial charge in [-0.2, -0.15) is 5.26 Å². The lowest BCUT2D eigenvalue weighted by atomic mass is 9.69. The van der Waals surface area contributed by atoms with E-state index in [1.165, 1.54) is 42.0 Å². The molecular weight excluding hydrogens is 645 g/mol. The zero-order valence-corrected chi connectivity index (χ0v) is 30.8. The Kier molecular flexibility index (Phi) is 9.42. The van der Waals surface area contributed by atoms with Crippen LogP contribution < -0.4 is 0 Å². The predicted octanol–water partition coefficient (Wildman–Crippen LogP) is 12.7. The molecule has 7 aromatic rings. The summed E-state index contributed by atoms with van der Waals surface area (Å²) in [6, 6.07) is 50.9. The van der Waals surface area contributed by atoms with Gasteiger partial charge in [-0.15, -0.1) is 0 Å². The highest BCUT2D eigenvalue weighted by Gasteiger charge is 2.36. The molecule has 8 rings (SSSR count). The third-order valence-corrected chi connectivity index (χ3v) is 11.4. The summed E-state index contributed by atoms with van der Waals surface area (Å²) in [5.41, 5.74) is 9.30. The van der Waals surface area contributed by atoms with Crippen LogP contribution in [0.3, 0.4) is 0 Å². The average molecular weight is 689 g/mol. The van der Waals surface area contributed by atoms with Gasteiger partial charge < -0.3 is 0 Å². The molecule has 3 atom stereocenters. The van der Waals surface area contributed by atoms with Gasteiger partial charge in [-0.3, -0.25) is 0 Å². The van der Waals surface area contributed by atoms with Crippen molar-refractivity contribution in [3.05, 3.63) is 151 Å². The first-order valence-electron chi connectivity index (χ1n) is 19.0. The van der Waals surface area contributed by atoms with Crippen LogP contribution in [0.1, 0.15) is 64.0 Å². The van der Waals surface area contributed by atoms with Crippen molar-refractivity contribution in [1.82, 2.24) is 15.0 Å². The van der Waals surface area contributed by atoms with E-state index in [1.807, 2.05) is 42.5 Å². The van der Waals surface area contributed by atoms with Crippen LogP contribution in [0.5, 0.6) is 0 Å². The van der Waals surface area contributed by atoms with E-state index in [2.05, 4.69) is 124 Å². The molecule has 1 aliphatic rings. The molecule has 1 aliphatic carbocycles. The summed E-state index contributed by atoms with van der Waals surface area (Å²) in [5, 5.41) is 11.9. The van der Waals surface area contributed by atoms with Crippen LogP contribution in [-0.4, -0.2) is 15.0 Å². The van der Waals surface area contributed by atoms with Crippen LogP contribution in [0.15, 0.2) is 140 Å². The van der Waals surface area contributed by atoms with Gasteiger partial charge in [-0.25, -0.2) is 15.0 Å². The van der Waals surface area contributed by atoms with E-state index in [4.69, 9.17) is 15.0 Å². The summed E-state index contributed by atoms with van der Waals surface area (Å²) in [6.45, 7) is 7.22. The molecule has 1 saturated carbocycles. The van der Waals surface area contributed by atoms with Gasteiger partial charge >= 0.3 is 0 Å². The maximum Gasteiger partial charge on any atom is 0.164 e. The Labute approximate surface area is 313 Å². The number of nitrogens with zero attached hydrogens (tertiary/aromatic N) is 4. The first kappa shape index (κ1) is 34.2. The Morgan fingerprint density at radius 1 is 0.528 bits per heavy atom. The summed E-state index contributed by atoms with van der Waals surface area (Å²) in [7, 11) is 0. The third kappa shape index (κ3) is 7.13. The van der Waals surface area contributed by atoms with Crippen molar-refractivity contribution in [3.63, 3.8) is 0 Å². The molecule has 1 heterocycles. The second kappa shape index (κ2) is 14.6. The summed E-state index contributed by atoms with van der Waals surface area (Å²) >= 11 is 0. The molecule has 53 heavy (non-hydrogen) atoms. The molecule has 0 N–H and O–H groups in total. The molecule has 0 saturated heterocycles. The molecule has 0 spiro atoms. The lowest BCUT2D eigenvalue weighted by Gasteiger charge is -2.35. The Bertz CT molecular complexity index is 2410. The first-order chi connectivity index (χ1) is 25.9. The summed E-state index contributed by atoms with van der Waals surface area (Å²) in [5.74, 6) is 3.36. The highest BCUT2D eigenvalue weighted by Crippen LogP contribution is 2.45. The number of rotatable bonds is 7. The molecule has 6 aromatic carbocycles. The molecule has 0 radical (unpaired) electrons. The lowest BCUT2D eigenvalue weighted by Crippen LogP contribution is -2.28. The normalized spacial score (nSPS) is 18.7. The molecule has 1 unspecified atom stereocenters. The standard InChI is InChI=1S/C49H44N4/c1-4-49(30-33(2)14-15-34(3)31-49)45-24-22-39(23-25-45)47-51-46(38-11-6-5-7-12-38)52-48(53-47)44-28-42(37-18-16-35(32-50)17-19-37)27-43(29-44)41-21-20-36-10-8-9-13-40(36)26-41/h5-13,16-29,33-34H,4,14-15,30-31H2,1-3H3/t33-,34+,49?. The van der Waals surface area contributed by atoms with Crippen LogP contribution in [0.25, 0.3) is 67.2 Å². The fraction of sp³-hybridized carbons (Fsp3) is 0.224. The molecule has 4 heteroatoms. The number of benzene rings is 6. The van der Waals surface area contributed by atoms with Crippen LogP contribution in [0.4, 0.5) is 0 Å². The van der Waals surface area contributed by atoms with E-state index in [-0.39, 0.29) is 5.41 Å². The van der Waals surface area contributed by atoms with Crippen LogP contribution >= 0.6 is 0 Å². The second-order valence-electron chi connectivity index (χ2n) is 15.1. The van der Waals surface area contributed by atoms with Crippen molar-refractivity contribution < 1.29 is 0 Å². The monoisotopic (exact) mass is 688 g/mol. The summed E-state index contributed by atoms with van der Waals surface area (Å²) in [4.78, 5) is 15.4. The summed E-state index contributed by atoms with van der Waals surface area (Å²) in [6.07, 6.45) is 6.23. The number of hydrogen-bond acceptors (Lipinski definition) is 4. The first-order valence-corrected chi connectivity index (χ1v) is 19.0. The maximum absolute atomic E-state index is 9.48. The molecule has 4 nitrogen and oxygen atoms in total. The lowest BCUT2D eigenvalue weighted by molar-refractivity contribution is 0.295. The molecule has 0 bridgehead atoms. The van der Waals surface area contributed by atoms with Crippen LogP contribution in [0.2, 0.25) is 0 Å². The van der Waals surface area contributed by atoms with Gasteiger partial charge in [0.1, 0.15) is 0 Å². The van der Waals surface area contributed by atoms with E-state index in [9.17, 15) is 5.26 Å². The second-order valence-corrected chi connectivity index (χ2v) is 15.1. The van der Waals surface area contributed by atoms with Gasteiger partial charge in [-0.1, -0.05) is 137 Å². The van der Waals surface area contributed by atoms with Crippen molar-refractivity contribution in [3.8, 4) is 62.5 Å². The van der Waals surface area contributed by atoms with Gasteiger partial charge in [0, 0.05) is 16.7 Å². The zero-order chi connectivity index (χ0) is 36.4. The van der Waals surface area contributed by atoms with E-state index in [1.54, 1.807) is 0 Å². The Morgan fingerprint density at radius 3 is 1.66 bits per heavy atom. The van der Waals surface area contributed by atoms with Gasteiger partial charge in [0.2, 0.25) is 0 Å². The van der Waals surface area contributed by atoms with Crippen molar-refractivity contribution in [2.24, 2.45) is 11.8 Å². The van der Waals surface area contributed by atoms with E-state index in [0.717, 1.165) is 57.2 Å². The molecule has 260 valence electrons. The van der Waals surface area contributed by atoms with Crippen molar-refractivity contribution in [2.75, 3.05) is 0 Å². The highest BCUT2D eigenvalue weighted by atomic mass is 15.0. The van der Waals surface area contributed by atoms with Crippen LogP contribution in [-0.2, 0) is 5.41 Å². The predicted molar refractivity (Wildman–Crippen MR) is 218 cm³/mol. The molecule has 1 aromatic heterocycles. The van der Waals surface area contributed by atoms with Crippen molar-refractivity contribution in [2.45, 2.75) is 58.3 Å². The van der Waals surface area contributed by atoms with E-state index < -0.39 is 0 Å². The molecule has 1 fully saturated rings. The zero-order valence-electron chi connectivity index (χ0n) is 30.8. The Balaban J connectivity index is 1.27. The molecule has 0 aliphatic heterocycles. The number of nitriles is 1. The Hall–Kier alpha value is -5.92. The van der Waals surface area contributed by atoms with E-state index in [0.29, 0.717) is 23.0 Å². The minimum atomic E-state index is 0.193. The maximum atomic E-state index is 9.48. The highest BCUT2D eigenvalue weighted by molar-refractivity contribution is 5.89. The van der Waals surface area contributed by atoms with E-state index >= 15 is 0 Å². The van der Waals surface area contributed by atoms with Gasteiger partial charge in [-0.05, 0) is 112 Å².